The molecule has 0 aliphatic carbocycles. The van der Waals surface area contributed by atoms with Crippen molar-refractivity contribution in [2.45, 2.75) is 0 Å². The second-order valence-electron chi connectivity index (χ2n) is 4.33. The molecule has 104 valence electrons. The van der Waals surface area contributed by atoms with Crippen LogP contribution in [0.1, 0.15) is 10.5 Å². The van der Waals surface area contributed by atoms with Gasteiger partial charge in [0.2, 0.25) is 0 Å². The lowest BCUT2D eigenvalue weighted by Gasteiger charge is -2.07. The summed E-state index contributed by atoms with van der Waals surface area (Å²) >= 11 is 12.0. The highest BCUT2D eigenvalue weighted by Gasteiger charge is 2.11. The number of para-hydroxylation sites is 1. The predicted octanol–water partition coefficient (Wildman–Crippen LogP) is 4.19. The number of carbonyl (C=O) groups excluding carboxylic acids is 1. The molecule has 2 aromatic heterocycles. The zero-order valence-corrected chi connectivity index (χ0v) is 12.2. The topological polar surface area (TPSA) is 54.9 Å². The zero-order chi connectivity index (χ0) is 14.8. The van der Waals surface area contributed by atoms with Gasteiger partial charge in [-0.2, -0.15) is 0 Å². The van der Waals surface area contributed by atoms with Crippen LogP contribution in [0.15, 0.2) is 48.7 Å². The van der Waals surface area contributed by atoms with E-state index in [1.54, 1.807) is 24.3 Å². The van der Waals surface area contributed by atoms with Gasteiger partial charge in [-0.3, -0.25) is 4.79 Å². The van der Waals surface area contributed by atoms with Gasteiger partial charge in [-0.15, -0.1) is 0 Å². The molecule has 0 radical (unpaired) electrons. The second-order valence-corrected chi connectivity index (χ2v) is 5.12. The quantitative estimate of drug-likeness (QED) is 0.721. The first kappa shape index (κ1) is 13.8. The van der Waals surface area contributed by atoms with Crippen molar-refractivity contribution in [3.05, 3.63) is 64.5 Å². The number of nitrogens with one attached hydrogen (secondary N) is 1. The van der Waals surface area contributed by atoms with Gasteiger partial charge in [0, 0.05) is 17.3 Å². The Labute approximate surface area is 130 Å². The third-order valence-corrected chi connectivity index (χ3v) is 3.40. The van der Waals surface area contributed by atoms with Crippen molar-refractivity contribution in [2.24, 2.45) is 0 Å². The molecule has 0 spiro atoms. The molecule has 4 nitrogen and oxygen atoms in total. The number of benzene rings is 1. The smallest absolute Gasteiger partial charge is 0.274 e. The summed E-state index contributed by atoms with van der Waals surface area (Å²) in [6.45, 7) is 0. The standard InChI is InChI=1S/C15H9Cl2N3O/c16-11-8-13(20-12-4-2-1-3-10(11)12)15(21)19-9-5-6-18-14(17)7-9/h1-8H,(H,18,19,21). The molecule has 3 rings (SSSR count). The predicted molar refractivity (Wildman–Crippen MR) is 84.0 cm³/mol. The summed E-state index contributed by atoms with van der Waals surface area (Å²) < 4.78 is 0. The Kier molecular flexibility index (Phi) is 3.73. The normalized spacial score (nSPS) is 10.6. The van der Waals surface area contributed by atoms with Gasteiger partial charge in [-0.25, -0.2) is 9.97 Å². The molecule has 21 heavy (non-hydrogen) atoms. The average molecular weight is 318 g/mol. The first-order valence-corrected chi connectivity index (χ1v) is 6.87. The van der Waals surface area contributed by atoms with Crippen LogP contribution in [0, 0.1) is 0 Å². The fraction of sp³-hybridized carbons (Fsp3) is 0. The SMILES string of the molecule is O=C(Nc1ccnc(Cl)c1)c1cc(Cl)c2ccccc2n1. The number of aromatic nitrogens is 2. The van der Waals surface area contributed by atoms with Crippen LogP contribution in [0.4, 0.5) is 5.69 Å². The summed E-state index contributed by atoms with van der Waals surface area (Å²) in [6.07, 6.45) is 1.51. The average Bonchev–Trinajstić information content (AvgIpc) is 2.47. The van der Waals surface area contributed by atoms with Gasteiger partial charge in [-0.1, -0.05) is 41.4 Å². The largest absolute Gasteiger partial charge is 0.320 e. The van der Waals surface area contributed by atoms with Crippen LogP contribution in [0.5, 0.6) is 0 Å². The van der Waals surface area contributed by atoms with Crippen LogP contribution >= 0.6 is 23.2 Å². The van der Waals surface area contributed by atoms with Crippen molar-refractivity contribution in [3.63, 3.8) is 0 Å². The number of amides is 1. The molecule has 0 unspecified atom stereocenters. The molecule has 0 aliphatic heterocycles. The van der Waals surface area contributed by atoms with E-state index < -0.39 is 0 Å². The Hall–Kier alpha value is -2.17. The van der Waals surface area contributed by atoms with E-state index in [1.807, 2.05) is 18.2 Å². The number of fused-ring (bicyclic) bond motifs is 1. The van der Waals surface area contributed by atoms with Crippen LogP contribution in [0.25, 0.3) is 10.9 Å². The van der Waals surface area contributed by atoms with Gasteiger partial charge in [0.05, 0.1) is 10.5 Å². The molecular weight excluding hydrogens is 309 g/mol. The van der Waals surface area contributed by atoms with E-state index in [9.17, 15) is 4.79 Å². The van der Waals surface area contributed by atoms with Crippen LogP contribution < -0.4 is 5.32 Å². The summed E-state index contributed by atoms with van der Waals surface area (Å²) in [6, 6.07) is 12.1. The van der Waals surface area contributed by atoms with Gasteiger partial charge in [-0.05, 0) is 24.3 Å². The molecule has 0 saturated heterocycles. The highest BCUT2D eigenvalue weighted by atomic mass is 35.5. The highest BCUT2D eigenvalue weighted by molar-refractivity contribution is 6.35. The van der Waals surface area contributed by atoms with E-state index in [4.69, 9.17) is 23.2 Å². The maximum absolute atomic E-state index is 12.2. The summed E-state index contributed by atoms with van der Waals surface area (Å²) in [5.41, 5.74) is 1.46. The highest BCUT2D eigenvalue weighted by Crippen LogP contribution is 2.23. The van der Waals surface area contributed by atoms with Crippen LogP contribution in [-0.2, 0) is 0 Å². The minimum atomic E-state index is -0.357. The molecular formula is C15H9Cl2N3O. The fourth-order valence-corrected chi connectivity index (χ4v) is 2.36. The lowest BCUT2D eigenvalue weighted by molar-refractivity contribution is 0.102. The van der Waals surface area contributed by atoms with Gasteiger partial charge in [0.25, 0.3) is 5.91 Å². The Balaban J connectivity index is 1.94. The lowest BCUT2D eigenvalue weighted by atomic mass is 10.2. The Morgan fingerprint density at radius 2 is 1.90 bits per heavy atom. The first-order chi connectivity index (χ1) is 10.1. The molecule has 3 aromatic rings. The van der Waals surface area contributed by atoms with E-state index in [1.165, 1.54) is 6.20 Å². The third-order valence-electron chi connectivity index (χ3n) is 2.88. The number of pyridine rings is 2. The summed E-state index contributed by atoms with van der Waals surface area (Å²) in [5.74, 6) is -0.357. The number of carbonyl (C=O) groups is 1. The summed E-state index contributed by atoms with van der Waals surface area (Å²) in [7, 11) is 0. The molecule has 0 saturated carbocycles. The van der Waals surface area contributed by atoms with Crippen molar-refractivity contribution in [1.29, 1.82) is 0 Å². The monoisotopic (exact) mass is 317 g/mol. The Bertz CT molecular complexity index is 836. The third kappa shape index (κ3) is 2.96. The molecule has 2 heterocycles. The van der Waals surface area contributed by atoms with Crippen LogP contribution in [0.3, 0.4) is 0 Å². The Morgan fingerprint density at radius 3 is 2.71 bits per heavy atom. The van der Waals surface area contributed by atoms with E-state index >= 15 is 0 Å². The lowest BCUT2D eigenvalue weighted by Crippen LogP contribution is -2.13. The van der Waals surface area contributed by atoms with Crippen molar-refractivity contribution in [2.75, 3.05) is 5.32 Å². The summed E-state index contributed by atoms with van der Waals surface area (Å²) in [5, 5.41) is 4.30. The number of halogens is 2. The van der Waals surface area contributed by atoms with Gasteiger partial charge in [0.1, 0.15) is 10.8 Å². The molecule has 1 N–H and O–H groups in total. The van der Waals surface area contributed by atoms with Gasteiger partial charge < -0.3 is 5.32 Å². The number of hydrogen-bond donors (Lipinski definition) is 1. The number of nitrogens with zero attached hydrogens (tertiary/aromatic N) is 2. The van der Waals surface area contributed by atoms with Gasteiger partial charge >= 0.3 is 0 Å². The number of hydrogen-bond acceptors (Lipinski definition) is 3. The first-order valence-electron chi connectivity index (χ1n) is 6.12. The minimum absolute atomic E-state index is 0.242. The minimum Gasteiger partial charge on any atom is -0.320 e. The van der Waals surface area contributed by atoms with Crippen molar-refractivity contribution >= 4 is 45.7 Å². The molecule has 1 aromatic carbocycles. The maximum Gasteiger partial charge on any atom is 0.274 e. The second kappa shape index (κ2) is 5.68. The summed E-state index contributed by atoms with van der Waals surface area (Å²) in [4.78, 5) is 20.4. The zero-order valence-electron chi connectivity index (χ0n) is 10.7. The van der Waals surface area contributed by atoms with Crippen LogP contribution in [-0.4, -0.2) is 15.9 Å². The molecule has 1 amide bonds. The molecule has 6 heteroatoms. The Morgan fingerprint density at radius 1 is 1.10 bits per heavy atom. The van der Waals surface area contributed by atoms with Gasteiger partial charge in [0.15, 0.2) is 0 Å². The van der Waals surface area contributed by atoms with E-state index in [-0.39, 0.29) is 11.6 Å². The molecule has 0 atom stereocenters. The number of anilines is 1. The van der Waals surface area contributed by atoms with E-state index in [0.717, 1.165) is 5.39 Å². The van der Waals surface area contributed by atoms with Crippen molar-refractivity contribution < 1.29 is 4.79 Å². The van der Waals surface area contributed by atoms with Crippen molar-refractivity contribution in [3.8, 4) is 0 Å². The van der Waals surface area contributed by atoms with E-state index in [0.29, 0.717) is 21.4 Å². The molecule has 0 bridgehead atoms. The maximum atomic E-state index is 12.2. The fourth-order valence-electron chi connectivity index (χ4n) is 1.92. The van der Waals surface area contributed by atoms with E-state index in [2.05, 4.69) is 15.3 Å². The molecule has 0 fully saturated rings. The van der Waals surface area contributed by atoms with Crippen LogP contribution in [0.2, 0.25) is 10.2 Å². The molecule has 0 aliphatic rings. The number of rotatable bonds is 2. The van der Waals surface area contributed by atoms with Crippen molar-refractivity contribution in [1.82, 2.24) is 9.97 Å².